The Hall–Kier alpha value is -1.42. The summed E-state index contributed by atoms with van der Waals surface area (Å²) in [7, 11) is 0. The van der Waals surface area contributed by atoms with E-state index in [4.69, 9.17) is 0 Å². The highest BCUT2D eigenvalue weighted by Crippen LogP contribution is 2.28. The SMILES string of the molecule is CC(C)N1CC[C@H](c2nc3ccc(F)cc3[nH]2)C1. The summed E-state index contributed by atoms with van der Waals surface area (Å²) < 4.78 is 13.1. The summed E-state index contributed by atoms with van der Waals surface area (Å²) in [4.78, 5) is 10.3. The number of benzene rings is 1. The molecule has 1 aliphatic rings. The number of hydrogen-bond acceptors (Lipinski definition) is 2. The van der Waals surface area contributed by atoms with E-state index in [2.05, 4.69) is 28.7 Å². The molecule has 18 heavy (non-hydrogen) atoms. The number of rotatable bonds is 2. The minimum Gasteiger partial charge on any atom is -0.342 e. The van der Waals surface area contributed by atoms with Gasteiger partial charge in [-0.05, 0) is 45.0 Å². The first-order valence-electron chi connectivity index (χ1n) is 6.52. The fourth-order valence-electron chi connectivity index (χ4n) is 2.67. The van der Waals surface area contributed by atoms with Gasteiger partial charge in [-0.2, -0.15) is 0 Å². The number of fused-ring (bicyclic) bond motifs is 1. The lowest BCUT2D eigenvalue weighted by atomic mass is 10.1. The average Bonchev–Trinajstić information content (AvgIpc) is 2.93. The van der Waals surface area contributed by atoms with Gasteiger partial charge in [0.15, 0.2) is 0 Å². The third-order valence-corrected chi connectivity index (χ3v) is 3.80. The van der Waals surface area contributed by atoms with Crippen LogP contribution in [0.15, 0.2) is 18.2 Å². The van der Waals surface area contributed by atoms with E-state index in [1.807, 2.05) is 0 Å². The molecule has 1 fully saturated rings. The Labute approximate surface area is 106 Å². The number of H-pyrrole nitrogens is 1. The fraction of sp³-hybridized carbons (Fsp3) is 0.500. The maximum atomic E-state index is 13.1. The number of aromatic nitrogens is 2. The van der Waals surface area contributed by atoms with Crippen LogP contribution < -0.4 is 0 Å². The molecule has 1 saturated heterocycles. The highest BCUT2D eigenvalue weighted by Gasteiger charge is 2.27. The molecule has 3 rings (SSSR count). The van der Waals surface area contributed by atoms with Crippen LogP contribution in [-0.4, -0.2) is 34.0 Å². The summed E-state index contributed by atoms with van der Waals surface area (Å²) >= 11 is 0. The summed E-state index contributed by atoms with van der Waals surface area (Å²) in [6.07, 6.45) is 1.13. The van der Waals surface area contributed by atoms with E-state index in [1.54, 1.807) is 6.07 Å². The van der Waals surface area contributed by atoms with Crippen molar-refractivity contribution in [2.75, 3.05) is 13.1 Å². The van der Waals surface area contributed by atoms with Gasteiger partial charge in [0.25, 0.3) is 0 Å². The quantitative estimate of drug-likeness (QED) is 0.885. The van der Waals surface area contributed by atoms with E-state index in [0.717, 1.165) is 36.4 Å². The standard InChI is InChI=1S/C14H18FN3/c1-9(2)18-6-5-10(8-18)14-16-12-4-3-11(15)7-13(12)17-14/h3-4,7,9-10H,5-6,8H2,1-2H3,(H,16,17)/t10-/m0/s1. The molecule has 96 valence electrons. The predicted molar refractivity (Wildman–Crippen MR) is 70.1 cm³/mol. The van der Waals surface area contributed by atoms with Gasteiger partial charge >= 0.3 is 0 Å². The predicted octanol–water partition coefficient (Wildman–Crippen LogP) is 2.90. The van der Waals surface area contributed by atoms with E-state index in [9.17, 15) is 4.39 Å². The lowest BCUT2D eigenvalue weighted by Gasteiger charge is -2.19. The molecule has 3 nitrogen and oxygen atoms in total. The molecule has 0 saturated carbocycles. The summed E-state index contributed by atoms with van der Waals surface area (Å²) in [5.41, 5.74) is 1.65. The van der Waals surface area contributed by atoms with Crippen molar-refractivity contribution in [3.8, 4) is 0 Å². The van der Waals surface area contributed by atoms with Crippen molar-refractivity contribution >= 4 is 11.0 Å². The largest absolute Gasteiger partial charge is 0.342 e. The van der Waals surface area contributed by atoms with Gasteiger partial charge in [-0.3, -0.25) is 0 Å². The van der Waals surface area contributed by atoms with E-state index in [1.165, 1.54) is 12.1 Å². The molecule has 0 radical (unpaired) electrons. The number of aromatic amines is 1. The lowest BCUT2D eigenvalue weighted by molar-refractivity contribution is 0.272. The van der Waals surface area contributed by atoms with Crippen molar-refractivity contribution in [1.29, 1.82) is 0 Å². The van der Waals surface area contributed by atoms with Crippen LogP contribution in [0.4, 0.5) is 4.39 Å². The van der Waals surface area contributed by atoms with E-state index >= 15 is 0 Å². The highest BCUT2D eigenvalue weighted by molar-refractivity contribution is 5.75. The Morgan fingerprint density at radius 3 is 3.00 bits per heavy atom. The third kappa shape index (κ3) is 2.01. The molecule has 0 unspecified atom stereocenters. The molecule has 1 aromatic carbocycles. The minimum atomic E-state index is -0.215. The molecule has 0 bridgehead atoms. The summed E-state index contributed by atoms with van der Waals surface area (Å²) in [6.45, 7) is 6.60. The summed E-state index contributed by atoms with van der Waals surface area (Å²) in [5.74, 6) is 1.23. The maximum Gasteiger partial charge on any atom is 0.125 e. The first-order chi connectivity index (χ1) is 8.63. The second-order valence-electron chi connectivity index (χ2n) is 5.36. The van der Waals surface area contributed by atoms with Gasteiger partial charge in [0.05, 0.1) is 11.0 Å². The Morgan fingerprint density at radius 2 is 2.28 bits per heavy atom. The smallest absolute Gasteiger partial charge is 0.125 e. The van der Waals surface area contributed by atoms with Crippen LogP contribution in [0.1, 0.15) is 32.0 Å². The lowest BCUT2D eigenvalue weighted by Crippen LogP contribution is -2.28. The maximum absolute atomic E-state index is 13.1. The van der Waals surface area contributed by atoms with Crippen LogP contribution in [-0.2, 0) is 0 Å². The molecular weight excluding hydrogens is 229 g/mol. The number of imidazole rings is 1. The van der Waals surface area contributed by atoms with Crippen molar-refractivity contribution < 1.29 is 4.39 Å². The minimum absolute atomic E-state index is 0.215. The molecule has 0 aliphatic carbocycles. The van der Waals surface area contributed by atoms with Crippen LogP contribution >= 0.6 is 0 Å². The first-order valence-corrected chi connectivity index (χ1v) is 6.52. The van der Waals surface area contributed by atoms with Crippen LogP contribution in [0.2, 0.25) is 0 Å². The van der Waals surface area contributed by atoms with Crippen molar-refractivity contribution in [3.05, 3.63) is 29.8 Å². The van der Waals surface area contributed by atoms with Crippen molar-refractivity contribution in [3.63, 3.8) is 0 Å². The Bertz CT molecular complexity index is 561. The molecule has 1 atom stereocenters. The average molecular weight is 247 g/mol. The van der Waals surface area contributed by atoms with Crippen molar-refractivity contribution in [1.82, 2.24) is 14.9 Å². The van der Waals surface area contributed by atoms with Gasteiger partial charge in [0, 0.05) is 18.5 Å². The molecule has 1 aliphatic heterocycles. The zero-order chi connectivity index (χ0) is 12.7. The Balaban J connectivity index is 1.87. The number of halogens is 1. The number of nitrogens with zero attached hydrogens (tertiary/aromatic N) is 2. The molecule has 1 aromatic heterocycles. The molecule has 2 aromatic rings. The van der Waals surface area contributed by atoms with Gasteiger partial charge in [-0.15, -0.1) is 0 Å². The Kier molecular flexibility index (Phi) is 2.82. The number of likely N-dealkylation sites (tertiary alicyclic amines) is 1. The first kappa shape index (κ1) is 11.7. The monoisotopic (exact) mass is 247 g/mol. The Morgan fingerprint density at radius 1 is 1.44 bits per heavy atom. The van der Waals surface area contributed by atoms with Crippen LogP contribution in [0.3, 0.4) is 0 Å². The molecule has 0 amide bonds. The molecular formula is C14H18FN3. The van der Waals surface area contributed by atoms with Crippen molar-refractivity contribution in [2.24, 2.45) is 0 Å². The zero-order valence-corrected chi connectivity index (χ0v) is 10.8. The normalized spacial score (nSPS) is 21.2. The molecule has 2 heterocycles. The summed E-state index contributed by atoms with van der Waals surface area (Å²) in [6, 6.07) is 5.29. The van der Waals surface area contributed by atoms with Crippen LogP contribution in [0.25, 0.3) is 11.0 Å². The topological polar surface area (TPSA) is 31.9 Å². The number of nitrogens with one attached hydrogen (secondary N) is 1. The van der Waals surface area contributed by atoms with Gasteiger partial charge in [-0.25, -0.2) is 9.37 Å². The second kappa shape index (κ2) is 4.35. The molecule has 4 heteroatoms. The third-order valence-electron chi connectivity index (χ3n) is 3.80. The highest BCUT2D eigenvalue weighted by atomic mass is 19.1. The van der Waals surface area contributed by atoms with Gasteiger partial charge in [-0.1, -0.05) is 0 Å². The van der Waals surface area contributed by atoms with Gasteiger partial charge in [0.1, 0.15) is 11.6 Å². The van der Waals surface area contributed by atoms with Crippen molar-refractivity contribution in [2.45, 2.75) is 32.2 Å². The summed E-state index contributed by atoms with van der Waals surface area (Å²) in [5, 5.41) is 0. The van der Waals surface area contributed by atoms with Gasteiger partial charge < -0.3 is 9.88 Å². The zero-order valence-electron chi connectivity index (χ0n) is 10.8. The van der Waals surface area contributed by atoms with E-state index in [-0.39, 0.29) is 5.82 Å². The number of hydrogen-bond donors (Lipinski definition) is 1. The molecule has 1 N–H and O–H groups in total. The van der Waals surface area contributed by atoms with E-state index in [0.29, 0.717) is 12.0 Å². The molecule has 0 spiro atoms. The van der Waals surface area contributed by atoms with Crippen LogP contribution in [0.5, 0.6) is 0 Å². The van der Waals surface area contributed by atoms with E-state index < -0.39 is 0 Å². The second-order valence-corrected chi connectivity index (χ2v) is 5.36. The van der Waals surface area contributed by atoms with Gasteiger partial charge in [0.2, 0.25) is 0 Å². The van der Waals surface area contributed by atoms with Crippen LogP contribution in [0, 0.1) is 5.82 Å². The fourth-order valence-corrected chi connectivity index (χ4v) is 2.67.